The van der Waals surface area contributed by atoms with Crippen molar-refractivity contribution >= 4 is 5.91 Å². The third-order valence-electron chi connectivity index (χ3n) is 4.35. The number of nitrogens with zero attached hydrogens (tertiary/aromatic N) is 3. The third kappa shape index (κ3) is 5.19. The van der Waals surface area contributed by atoms with Gasteiger partial charge in [-0.2, -0.15) is 4.98 Å². The van der Waals surface area contributed by atoms with Gasteiger partial charge in [-0.15, -0.1) is 0 Å². The van der Waals surface area contributed by atoms with Gasteiger partial charge in [0, 0.05) is 24.7 Å². The van der Waals surface area contributed by atoms with E-state index in [2.05, 4.69) is 23.8 Å². The standard InChI is InChI=1S/C18H29N3O2/c1-4-7-15(8-5-2)18(22)21-12-6-9-16(13-21)23-17-10-11-19-14(3)20-17/h10-11,15-16H,4-9,12-13H2,1-3H3. The van der Waals surface area contributed by atoms with Gasteiger partial charge < -0.3 is 9.64 Å². The van der Waals surface area contributed by atoms with Crippen LogP contribution >= 0.6 is 0 Å². The second kappa shape index (κ2) is 8.85. The van der Waals surface area contributed by atoms with Gasteiger partial charge in [0.15, 0.2) is 0 Å². The maximum absolute atomic E-state index is 12.8. The molecule has 1 fully saturated rings. The van der Waals surface area contributed by atoms with Crippen molar-refractivity contribution in [3.63, 3.8) is 0 Å². The molecule has 1 aliphatic heterocycles. The van der Waals surface area contributed by atoms with Crippen molar-refractivity contribution in [2.45, 2.75) is 65.4 Å². The summed E-state index contributed by atoms with van der Waals surface area (Å²) in [6.07, 6.45) is 7.80. The topological polar surface area (TPSA) is 55.3 Å². The average Bonchev–Trinajstić information content (AvgIpc) is 2.54. The maximum atomic E-state index is 12.8. The Hall–Kier alpha value is -1.65. The molecule has 23 heavy (non-hydrogen) atoms. The van der Waals surface area contributed by atoms with Crippen molar-refractivity contribution in [1.82, 2.24) is 14.9 Å². The lowest BCUT2D eigenvalue weighted by atomic mass is 9.95. The van der Waals surface area contributed by atoms with Crippen LogP contribution in [0.2, 0.25) is 0 Å². The largest absolute Gasteiger partial charge is 0.472 e. The van der Waals surface area contributed by atoms with E-state index in [9.17, 15) is 4.79 Å². The summed E-state index contributed by atoms with van der Waals surface area (Å²) in [4.78, 5) is 23.2. The zero-order valence-corrected chi connectivity index (χ0v) is 14.6. The molecule has 2 heterocycles. The highest BCUT2D eigenvalue weighted by Crippen LogP contribution is 2.22. The van der Waals surface area contributed by atoms with Crippen LogP contribution in [0.1, 0.15) is 58.2 Å². The van der Waals surface area contributed by atoms with Crippen LogP contribution in [0.25, 0.3) is 0 Å². The Balaban J connectivity index is 1.95. The Labute approximate surface area is 139 Å². The lowest BCUT2D eigenvalue weighted by Crippen LogP contribution is -2.46. The van der Waals surface area contributed by atoms with Crippen molar-refractivity contribution in [3.8, 4) is 5.88 Å². The summed E-state index contributed by atoms with van der Waals surface area (Å²) in [5, 5.41) is 0. The normalized spacial score (nSPS) is 18.3. The molecule has 0 spiro atoms. The molecule has 0 aromatic carbocycles. The summed E-state index contributed by atoms with van der Waals surface area (Å²) in [6.45, 7) is 7.67. The first-order valence-electron chi connectivity index (χ1n) is 8.89. The summed E-state index contributed by atoms with van der Waals surface area (Å²) in [5.74, 6) is 1.79. The predicted octanol–water partition coefficient (Wildman–Crippen LogP) is 3.37. The Morgan fingerprint density at radius 1 is 1.39 bits per heavy atom. The molecular weight excluding hydrogens is 290 g/mol. The van der Waals surface area contributed by atoms with Gasteiger partial charge in [0.1, 0.15) is 11.9 Å². The van der Waals surface area contributed by atoms with Gasteiger partial charge in [0.05, 0.1) is 6.54 Å². The SMILES string of the molecule is CCCC(CCC)C(=O)N1CCCC(Oc2ccnc(C)n2)C1. The molecule has 0 aliphatic carbocycles. The van der Waals surface area contributed by atoms with Gasteiger partial charge in [-0.3, -0.25) is 4.79 Å². The minimum absolute atomic E-state index is 0.0332. The molecule has 128 valence electrons. The number of hydrogen-bond acceptors (Lipinski definition) is 4. The van der Waals surface area contributed by atoms with E-state index >= 15 is 0 Å². The van der Waals surface area contributed by atoms with E-state index in [-0.39, 0.29) is 12.0 Å². The summed E-state index contributed by atoms with van der Waals surface area (Å²) >= 11 is 0. The molecule has 0 radical (unpaired) electrons. The molecule has 0 saturated carbocycles. The second-order valence-electron chi connectivity index (χ2n) is 6.38. The molecule has 2 rings (SSSR count). The highest BCUT2D eigenvalue weighted by atomic mass is 16.5. The molecule has 0 N–H and O–H groups in total. The van der Waals surface area contributed by atoms with Gasteiger partial charge >= 0.3 is 0 Å². The number of amides is 1. The molecule has 1 atom stereocenters. The van der Waals surface area contributed by atoms with Crippen LogP contribution in [0.3, 0.4) is 0 Å². The fourth-order valence-electron chi connectivity index (χ4n) is 3.25. The Morgan fingerprint density at radius 2 is 2.13 bits per heavy atom. The molecule has 5 nitrogen and oxygen atoms in total. The van der Waals surface area contributed by atoms with Crippen LogP contribution in [0.15, 0.2) is 12.3 Å². The summed E-state index contributed by atoms with van der Waals surface area (Å²) in [6, 6.07) is 1.78. The van der Waals surface area contributed by atoms with Crippen molar-refractivity contribution in [1.29, 1.82) is 0 Å². The van der Waals surface area contributed by atoms with Crippen molar-refractivity contribution in [2.75, 3.05) is 13.1 Å². The van der Waals surface area contributed by atoms with Gasteiger partial charge in [-0.25, -0.2) is 4.98 Å². The molecule has 1 aromatic rings. The van der Waals surface area contributed by atoms with E-state index in [0.29, 0.717) is 24.2 Å². The molecule has 1 unspecified atom stereocenters. The summed E-state index contributed by atoms with van der Waals surface area (Å²) < 4.78 is 5.97. The highest BCUT2D eigenvalue weighted by molar-refractivity contribution is 5.79. The first-order chi connectivity index (χ1) is 11.1. The van der Waals surface area contributed by atoms with Crippen molar-refractivity contribution in [2.24, 2.45) is 5.92 Å². The minimum Gasteiger partial charge on any atom is -0.472 e. The van der Waals surface area contributed by atoms with Crippen LogP contribution in [0.5, 0.6) is 5.88 Å². The van der Waals surface area contributed by atoms with E-state index in [1.54, 1.807) is 12.3 Å². The fraction of sp³-hybridized carbons (Fsp3) is 0.722. The van der Waals surface area contributed by atoms with Gasteiger partial charge in [-0.05, 0) is 32.6 Å². The van der Waals surface area contributed by atoms with E-state index in [1.807, 2.05) is 11.8 Å². The number of ether oxygens (including phenoxy) is 1. The van der Waals surface area contributed by atoms with Gasteiger partial charge in [0.25, 0.3) is 0 Å². The van der Waals surface area contributed by atoms with Crippen LogP contribution in [0, 0.1) is 12.8 Å². The summed E-state index contributed by atoms with van der Waals surface area (Å²) in [7, 11) is 0. The second-order valence-corrected chi connectivity index (χ2v) is 6.38. The van der Waals surface area contributed by atoms with Crippen LogP contribution in [-0.4, -0.2) is 40.0 Å². The minimum atomic E-state index is 0.0332. The van der Waals surface area contributed by atoms with Gasteiger partial charge in [-0.1, -0.05) is 26.7 Å². The third-order valence-corrected chi connectivity index (χ3v) is 4.35. The number of aryl methyl sites for hydroxylation is 1. The predicted molar refractivity (Wildman–Crippen MR) is 90.3 cm³/mol. The first-order valence-corrected chi connectivity index (χ1v) is 8.89. The molecule has 0 bridgehead atoms. The molecular formula is C18H29N3O2. The lowest BCUT2D eigenvalue weighted by molar-refractivity contribution is -0.138. The van der Waals surface area contributed by atoms with Crippen LogP contribution in [-0.2, 0) is 4.79 Å². The average molecular weight is 319 g/mol. The fourth-order valence-corrected chi connectivity index (χ4v) is 3.25. The van der Waals surface area contributed by atoms with Crippen molar-refractivity contribution < 1.29 is 9.53 Å². The number of rotatable bonds is 7. The first kappa shape index (κ1) is 17.7. The Bertz CT molecular complexity index is 501. The highest BCUT2D eigenvalue weighted by Gasteiger charge is 2.29. The molecule has 5 heteroatoms. The quantitative estimate of drug-likeness (QED) is 0.773. The smallest absolute Gasteiger partial charge is 0.225 e. The number of likely N-dealkylation sites (tertiary alicyclic amines) is 1. The van der Waals surface area contributed by atoms with E-state index in [4.69, 9.17) is 4.74 Å². The van der Waals surface area contributed by atoms with Crippen LogP contribution in [0.4, 0.5) is 0 Å². The Kier molecular flexibility index (Phi) is 6.81. The molecule has 1 aromatic heterocycles. The number of aromatic nitrogens is 2. The van der Waals surface area contributed by atoms with Crippen molar-refractivity contribution in [3.05, 3.63) is 18.1 Å². The monoisotopic (exact) mass is 319 g/mol. The Morgan fingerprint density at radius 3 is 2.78 bits per heavy atom. The molecule has 1 amide bonds. The molecule has 1 aliphatic rings. The molecule has 1 saturated heterocycles. The number of hydrogen-bond donors (Lipinski definition) is 0. The van der Waals surface area contributed by atoms with E-state index in [1.165, 1.54) is 0 Å². The van der Waals surface area contributed by atoms with Gasteiger partial charge in [0.2, 0.25) is 11.8 Å². The zero-order valence-electron chi connectivity index (χ0n) is 14.6. The summed E-state index contributed by atoms with van der Waals surface area (Å²) in [5.41, 5.74) is 0. The number of carbonyl (C=O) groups excluding carboxylic acids is 1. The van der Waals surface area contributed by atoms with E-state index in [0.717, 1.165) is 45.1 Å². The lowest BCUT2D eigenvalue weighted by Gasteiger charge is -2.34. The number of piperidine rings is 1. The van der Waals surface area contributed by atoms with Crippen LogP contribution < -0.4 is 4.74 Å². The zero-order chi connectivity index (χ0) is 16.7. The van der Waals surface area contributed by atoms with E-state index < -0.39 is 0 Å². The number of carbonyl (C=O) groups is 1. The maximum Gasteiger partial charge on any atom is 0.225 e.